The minimum atomic E-state index is -2.26. The van der Waals surface area contributed by atoms with E-state index >= 15 is 0 Å². The number of halogens is 5. The van der Waals surface area contributed by atoms with Crippen LogP contribution < -0.4 is 5.32 Å². The summed E-state index contributed by atoms with van der Waals surface area (Å²) in [5, 5.41) is 1.82. The van der Waals surface area contributed by atoms with Crippen LogP contribution in [0, 0.1) is 29.1 Å². The Hall–Kier alpha value is -2.12. The lowest BCUT2D eigenvalue weighted by Gasteiger charge is -2.10. The highest BCUT2D eigenvalue weighted by Gasteiger charge is 2.25. The van der Waals surface area contributed by atoms with Crippen LogP contribution >= 0.6 is 0 Å². The molecule has 1 rings (SSSR count). The summed E-state index contributed by atoms with van der Waals surface area (Å²) in [6.45, 7) is 0.880. The topological polar surface area (TPSA) is 38.3 Å². The first-order valence-corrected chi connectivity index (χ1v) is 5.42. The van der Waals surface area contributed by atoms with Crippen LogP contribution in [-0.2, 0) is 9.53 Å². The summed E-state index contributed by atoms with van der Waals surface area (Å²) in [5.41, 5.74) is -1.27. The lowest BCUT2D eigenvalue weighted by Crippen LogP contribution is -2.19. The minimum absolute atomic E-state index is 0.0614. The fraction of sp³-hybridized carbons (Fsp3) is 0.250. The second-order valence-corrected chi connectivity index (χ2v) is 3.55. The van der Waals surface area contributed by atoms with Crippen molar-refractivity contribution < 1.29 is 31.5 Å². The minimum Gasteiger partial charge on any atom is -0.460 e. The number of nitrogens with one attached hydrogen (secondary N) is 1. The number of carbonyl (C=O) groups excluding carboxylic acids is 1. The highest BCUT2D eigenvalue weighted by Crippen LogP contribution is 2.26. The van der Waals surface area contributed by atoms with Crippen molar-refractivity contribution in [3.05, 3.63) is 41.2 Å². The third-order valence-corrected chi connectivity index (χ3v) is 2.20. The summed E-state index contributed by atoms with van der Waals surface area (Å²) >= 11 is 0. The van der Waals surface area contributed by atoms with E-state index in [-0.39, 0.29) is 6.61 Å². The summed E-state index contributed by atoms with van der Waals surface area (Å²) in [6.07, 6.45) is 3.10. The maximum atomic E-state index is 13.2. The molecule has 0 amide bonds. The maximum Gasteiger partial charge on any atom is 0.325 e. The first-order chi connectivity index (χ1) is 9.40. The van der Waals surface area contributed by atoms with Crippen molar-refractivity contribution >= 4 is 11.7 Å². The van der Waals surface area contributed by atoms with Crippen molar-refractivity contribution in [3.8, 4) is 0 Å². The van der Waals surface area contributed by atoms with E-state index in [9.17, 15) is 26.7 Å². The Morgan fingerprint density at radius 1 is 1.05 bits per heavy atom. The molecule has 0 saturated heterocycles. The van der Waals surface area contributed by atoms with E-state index in [2.05, 4.69) is 4.74 Å². The van der Waals surface area contributed by atoms with Crippen LogP contribution in [0.4, 0.5) is 27.6 Å². The van der Waals surface area contributed by atoms with Crippen LogP contribution in [-0.4, -0.2) is 19.1 Å². The average molecular weight is 295 g/mol. The third kappa shape index (κ3) is 3.46. The van der Waals surface area contributed by atoms with Gasteiger partial charge in [-0.2, -0.15) is 0 Å². The van der Waals surface area contributed by atoms with Crippen molar-refractivity contribution in [1.82, 2.24) is 0 Å². The van der Waals surface area contributed by atoms with Gasteiger partial charge in [0, 0.05) is 0 Å². The Kier molecular flexibility index (Phi) is 5.48. The lowest BCUT2D eigenvalue weighted by molar-refractivity contribution is -0.140. The van der Waals surface area contributed by atoms with Gasteiger partial charge in [-0.05, 0) is 6.92 Å². The summed E-state index contributed by atoms with van der Waals surface area (Å²) in [4.78, 5) is 11.1. The van der Waals surface area contributed by atoms with E-state index in [1.165, 1.54) is 6.08 Å². The highest BCUT2D eigenvalue weighted by atomic mass is 19.2. The van der Waals surface area contributed by atoms with Crippen molar-refractivity contribution in [1.29, 1.82) is 0 Å². The number of hydrogen-bond donors (Lipinski definition) is 1. The van der Waals surface area contributed by atoms with Gasteiger partial charge in [-0.1, -0.05) is 12.2 Å². The van der Waals surface area contributed by atoms with Crippen molar-refractivity contribution in [2.75, 3.05) is 18.5 Å². The molecule has 0 aliphatic rings. The van der Waals surface area contributed by atoms with Gasteiger partial charge >= 0.3 is 5.97 Å². The molecule has 0 unspecified atom stereocenters. The van der Waals surface area contributed by atoms with Gasteiger partial charge < -0.3 is 10.1 Å². The van der Waals surface area contributed by atoms with E-state index in [1.54, 1.807) is 13.0 Å². The maximum absolute atomic E-state index is 13.2. The number of rotatable bonds is 5. The van der Waals surface area contributed by atoms with Crippen molar-refractivity contribution in [2.24, 2.45) is 0 Å². The summed E-state index contributed by atoms with van der Waals surface area (Å²) in [5.74, 6) is -11.4. The zero-order valence-corrected chi connectivity index (χ0v) is 10.3. The number of allylic oxidation sites excluding steroid dienone is 1. The molecule has 8 heteroatoms. The molecule has 0 radical (unpaired) electrons. The molecule has 0 fully saturated rings. The van der Waals surface area contributed by atoms with Crippen LogP contribution in [0.15, 0.2) is 12.2 Å². The fourth-order valence-electron chi connectivity index (χ4n) is 1.21. The van der Waals surface area contributed by atoms with E-state index in [1.807, 2.05) is 5.32 Å². The number of hydrogen-bond acceptors (Lipinski definition) is 3. The van der Waals surface area contributed by atoms with Crippen LogP contribution in [0.25, 0.3) is 0 Å². The summed E-state index contributed by atoms with van der Waals surface area (Å²) in [6, 6.07) is 0. The highest BCUT2D eigenvalue weighted by molar-refractivity contribution is 5.75. The predicted octanol–water partition coefficient (Wildman–Crippen LogP) is 2.91. The van der Waals surface area contributed by atoms with Crippen LogP contribution in [0.3, 0.4) is 0 Å². The Balaban J connectivity index is 2.81. The average Bonchev–Trinajstić information content (AvgIpc) is 2.43. The first-order valence-electron chi connectivity index (χ1n) is 5.42. The molecule has 0 heterocycles. The van der Waals surface area contributed by atoms with E-state index in [4.69, 9.17) is 0 Å². The molecule has 1 N–H and O–H groups in total. The normalized spacial score (nSPS) is 10.9. The Labute approximate surface area is 111 Å². The number of esters is 1. The standard InChI is InChI=1S/C12H10F5NO2/c1-2-3-4-20-6(19)5-18-12-10(16)8(14)7(13)9(15)11(12)17/h2-3,18H,4-5H2,1H3/b3-2+. The number of ether oxygens (including phenoxy) is 1. The van der Waals surface area contributed by atoms with Gasteiger partial charge in [-0.15, -0.1) is 0 Å². The molecule has 1 aromatic rings. The largest absolute Gasteiger partial charge is 0.460 e. The molecular formula is C12H10F5NO2. The van der Waals surface area contributed by atoms with E-state index in [0.717, 1.165) is 0 Å². The van der Waals surface area contributed by atoms with Crippen LogP contribution in [0.5, 0.6) is 0 Å². The number of carbonyl (C=O) groups is 1. The molecule has 0 atom stereocenters. The summed E-state index contributed by atoms with van der Waals surface area (Å²) in [7, 11) is 0. The van der Waals surface area contributed by atoms with E-state index < -0.39 is 47.3 Å². The number of benzene rings is 1. The third-order valence-electron chi connectivity index (χ3n) is 2.20. The first kappa shape index (κ1) is 15.9. The van der Waals surface area contributed by atoms with Crippen LogP contribution in [0.2, 0.25) is 0 Å². The SMILES string of the molecule is C/C=C/COC(=O)CNc1c(F)c(F)c(F)c(F)c1F. The van der Waals surface area contributed by atoms with Crippen LogP contribution in [0.1, 0.15) is 6.92 Å². The zero-order valence-electron chi connectivity index (χ0n) is 10.3. The van der Waals surface area contributed by atoms with Gasteiger partial charge in [0.25, 0.3) is 0 Å². The van der Waals surface area contributed by atoms with Crippen molar-refractivity contribution in [2.45, 2.75) is 6.92 Å². The van der Waals surface area contributed by atoms with Crippen molar-refractivity contribution in [3.63, 3.8) is 0 Å². The molecular weight excluding hydrogens is 285 g/mol. The second kappa shape index (κ2) is 6.88. The Morgan fingerprint density at radius 3 is 2.05 bits per heavy atom. The second-order valence-electron chi connectivity index (χ2n) is 3.55. The smallest absolute Gasteiger partial charge is 0.325 e. The van der Waals surface area contributed by atoms with Gasteiger partial charge in [0.1, 0.15) is 18.8 Å². The van der Waals surface area contributed by atoms with Gasteiger partial charge in [0.05, 0.1) is 0 Å². The van der Waals surface area contributed by atoms with Gasteiger partial charge in [0.2, 0.25) is 5.82 Å². The summed E-state index contributed by atoms with van der Waals surface area (Å²) < 4.78 is 69.4. The van der Waals surface area contributed by atoms with Gasteiger partial charge in [-0.25, -0.2) is 22.0 Å². The monoisotopic (exact) mass is 295 g/mol. The van der Waals surface area contributed by atoms with E-state index in [0.29, 0.717) is 0 Å². The number of anilines is 1. The molecule has 0 spiro atoms. The molecule has 3 nitrogen and oxygen atoms in total. The molecule has 0 aliphatic heterocycles. The Morgan fingerprint density at radius 2 is 1.55 bits per heavy atom. The lowest BCUT2D eigenvalue weighted by atomic mass is 10.2. The van der Waals surface area contributed by atoms with Gasteiger partial charge in [-0.3, -0.25) is 4.79 Å². The Bertz CT molecular complexity index is 516. The van der Waals surface area contributed by atoms with Gasteiger partial charge in [0.15, 0.2) is 23.3 Å². The fourth-order valence-corrected chi connectivity index (χ4v) is 1.21. The zero-order chi connectivity index (χ0) is 15.3. The molecule has 0 aromatic heterocycles. The molecule has 0 aliphatic carbocycles. The molecule has 110 valence electrons. The molecule has 0 saturated carbocycles. The molecule has 0 bridgehead atoms. The predicted molar refractivity (Wildman–Crippen MR) is 60.5 cm³/mol. The quantitative estimate of drug-likeness (QED) is 0.298. The molecule has 20 heavy (non-hydrogen) atoms. The molecule has 1 aromatic carbocycles.